The van der Waals surface area contributed by atoms with Gasteiger partial charge < -0.3 is 4.74 Å². The SMILES string of the molecule is Cc1[nH]nc2ccc(-c3cncc(OCCCCCc4ccccc4)c3)cc12. The molecule has 142 valence electrons. The zero-order chi connectivity index (χ0) is 19.2. The van der Waals surface area contributed by atoms with Crippen molar-refractivity contribution in [2.75, 3.05) is 6.61 Å². The number of pyridine rings is 1. The second-order valence-corrected chi connectivity index (χ2v) is 7.13. The molecule has 0 unspecified atom stereocenters. The van der Waals surface area contributed by atoms with Crippen molar-refractivity contribution in [3.63, 3.8) is 0 Å². The molecule has 4 heteroatoms. The van der Waals surface area contributed by atoms with Crippen molar-refractivity contribution in [2.24, 2.45) is 0 Å². The van der Waals surface area contributed by atoms with Crippen molar-refractivity contribution in [3.8, 4) is 16.9 Å². The summed E-state index contributed by atoms with van der Waals surface area (Å²) in [6.45, 7) is 2.76. The average molecular weight is 371 g/mol. The van der Waals surface area contributed by atoms with Crippen molar-refractivity contribution < 1.29 is 4.74 Å². The van der Waals surface area contributed by atoms with E-state index >= 15 is 0 Å². The molecule has 0 saturated heterocycles. The van der Waals surface area contributed by atoms with Gasteiger partial charge in [-0.2, -0.15) is 5.10 Å². The van der Waals surface area contributed by atoms with Crippen molar-refractivity contribution in [1.82, 2.24) is 15.2 Å². The van der Waals surface area contributed by atoms with Gasteiger partial charge in [0.2, 0.25) is 0 Å². The van der Waals surface area contributed by atoms with Crippen molar-refractivity contribution >= 4 is 10.9 Å². The maximum Gasteiger partial charge on any atom is 0.138 e. The predicted molar refractivity (Wildman–Crippen MR) is 114 cm³/mol. The second-order valence-electron chi connectivity index (χ2n) is 7.13. The smallest absolute Gasteiger partial charge is 0.138 e. The van der Waals surface area contributed by atoms with Gasteiger partial charge >= 0.3 is 0 Å². The first kappa shape index (κ1) is 18.2. The average Bonchev–Trinajstić information content (AvgIpc) is 3.12. The molecule has 0 saturated carbocycles. The molecule has 0 fully saturated rings. The minimum absolute atomic E-state index is 0.722. The zero-order valence-electron chi connectivity index (χ0n) is 16.2. The number of H-pyrrole nitrogens is 1. The summed E-state index contributed by atoms with van der Waals surface area (Å²) in [4.78, 5) is 4.36. The highest BCUT2D eigenvalue weighted by molar-refractivity contribution is 5.86. The maximum absolute atomic E-state index is 5.94. The molecule has 0 spiro atoms. The number of nitrogens with zero attached hydrogens (tertiary/aromatic N) is 2. The van der Waals surface area contributed by atoms with Crippen molar-refractivity contribution in [2.45, 2.75) is 32.6 Å². The second kappa shape index (κ2) is 8.70. The van der Waals surface area contributed by atoms with E-state index in [-0.39, 0.29) is 0 Å². The maximum atomic E-state index is 5.94. The number of ether oxygens (including phenoxy) is 1. The Morgan fingerprint density at radius 1 is 0.893 bits per heavy atom. The lowest BCUT2D eigenvalue weighted by Crippen LogP contribution is -1.98. The van der Waals surface area contributed by atoms with Gasteiger partial charge in [0.25, 0.3) is 0 Å². The fourth-order valence-electron chi connectivity index (χ4n) is 3.42. The van der Waals surface area contributed by atoms with Crippen LogP contribution >= 0.6 is 0 Å². The van der Waals surface area contributed by atoms with Crippen LogP contribution in [0.4, 0.5) is 0 Å². The molecule has 0 aliphatic heterocycles. The minimum atomic E-state index is 0.722. The molecule has 0 atom stereocenters. The molecule has 0 aliphatic rings. The van der Waals surface area contributed by atoms with Gasteiger partial charge in [0.05, 0.1) is 18.3 Å². The van der Waals surface area contributed by atoms with Crippen molar-refractivity contribution in [3.05, 3.63) is 78.2 Å². The lowest BCUT2D eigenvalue weighted by Gasteiger charge is -2.08. The van der Waals surface area contributed by atoms with Crippen molar-refractivity contribution in [1.29, 1.82) is 0 Å². The van der Waals surface area contributed by atoms with Crippen LogP contribution in [0.25, 0.3) is 22.0 Å². The van der Waals surface area contributed by atoms with Crippen LogP contribution in [-0.2, 0) is 6.42 Å². The molecule has 0 amide bonds. The number of benzene rings is 2. The van der Waals surface area contributed by atoms with Gasteiger partial charge in [-0.05, 0) is 61.9 Å². The molecule has 2 heterocycles. The fourth-order valence-corrected chi connectivity index (χ4v) is 3.42. The highest BCUT2D eigenvalue weighted by Gasteiger charge is 2.06. The van der Waals surface area contributed by atoms with Crippen LogP contribution in [0.5, 0.6) is 5.75 Å². The number of aryl methyl sites for hydroxylation is 2. The Kier molecular flexibility index (Phi) is 5.66. The molecule has 0 radical (unpaired) electrons. The van der Waals surface area contributed by atoms with Gasteiger partial charge in [-0.15, -0.1) is 0 Å². The number of fused-ring (bicyclic) bond motifs is 1. The first-order chi connectivity index (χ1) is 13.8. The monoisotopic (exact) mass is 371 g/mol. The first-order valence-corrected chi connectivity index (χ1v) is 9.86. The van der Waals surface area contributed by atoms with E-state index in [1.54, 1.807) is 6.20 Å². The van der Waals surface area contributed by atoms with Gasteiger partial charge in [0, 0.05) is 22.8 Å². The molecule has 2 aromatic carbocycles. The van der Waals surface area contributed by atoms with Crippen LogP contribution in [0.2, 0.25) is 0 Å². The van der Waals surface area contributed by atoms with Crippen LogP contribution in [-0.4, -0.2) is 21.8 Å². The summed E-state index contributed by atoms with van der Waals surface area (Å²) in [5.74, 6) is 0.824. The van der Waals surface area contributed by atoms with E-state index in [1.807, 2.05) is 19.2 Å². The molecule has 4 aromatic rings. The summed E-state index contributed by atoms with van der Waals surface area (Å²) >= 11 is 0. The molecular weight excluding hydrogens is 346 g/mol. The topological polar surface area (TPSA) is 50.8 Å². The molecule has 4 nitrogen and oxygen atoms in total. The molecular formula is C24H25N3O. The Hall–Kier alpha value is -3.14. The van der Waals surface area contributed by atoms with E-state index < -0.39 is 0 Å². The number of unbranched alkanes of at least 4 members (excludes halogenated alkanes) is 2. The van der Waals surface area contributed by atoms with E-state index in [9.17, 15) is 0 Å². The molecule has 28 heavy (non-hydrogen) atoms. The van der Waals surface area contributed by atoms with Crippen LogP contribution < -0.4 is 4.74 Å². The van der Waals surface area contributed by atoms with Crippen LogP contribution in [0, 0.1) is 6.92 Å². The Morgan fingerprint density at radius 3 is 2.68 bits per heavy atom. The Balaban J connectivity index is 1.30. The Labute approximate surface area is 165 Å². The van der Waals surface area contributed by atoms with Crippen LogP contribution in [0.15, 0.2) is 67.0 Å². The lowest BCUT2D eigenvalue weighted by molar-refractivity contribution is 0.304. The summed E-state index contributed by atoms with van der Waals surface area (Å²) in [6, 6.07) is 19.0. The number of hydrogen-bond acceptors (Lipinski definition) is 3. The third-order valence-corrected chi connectivity index (χ3v) is 5.01. The highest BCUT2D eigenvalue weighted by atomic mass is 16.5. The molecule has 0 aliphatic carbocycles. The van der Waals surface area contributed by atoms with Crippen LogP contribution in [0.1, 0.15) is 30.5 Å². The number of aromatic amines is 1. The van der Waals surface area contributed by atoms with Gasteiger partial charge in [-0.25, -0.2) is 0 Å². The standard InChI is InChI=1S/C24H25N3O/c1-18-23-15-20(11-12-24(23)27-26-18)21-14-22(17-25-16-21)28-13-7-3-6-10-19-8-4-2-5-9-19/h2,4-5,8-9,11-12,14-17H,3,6-7,10,13H2,1H3,(H,26,27). The van der Waals surface area contributed by atoms with E-state index in [0.717, 1.165) is 52.9 Å². The van der Waals surface area contributed by atoms with Gasteiger partial charge in [-0.3, -0.25) is 10.1 Å². The summed E-state index contributed by atoms with van der Waals surface area (Å²) in [5, 5.41) is 8.46. The predicted octanol–water partition coefficient (Wildman–Crippen LogP) is 5.73. The van der Waals surface area contributed by atoms with E-state index in [0.29, 0.717) is 0 Å². The summed E-state index contributed by atoms with van der Waals surface area (Å²) in [5.41, 5.74) is 5.65. The molecule has 2 aromatic heterocycles. The number of hydrogen-bond donors (Lipinski definition) is 1. The normalized spacial score (nSPS) is 11.0. The zero-order valence-corrected chi connectivity index (χ0v) is 16.2. The number of rotatable bonds is 8. The summed E-state index contributed by atoms with van der Waals surface area (Å²) in [6.07, 6.45) is 8.21. The quantitative estimate of drug-likeness (QED) is 0.403. The highest BCUT2D eigenvalue weighted by Crippen LogP contribution is 2.27. The van der Waals surface area contributed by atoms with Crippen LogP contribution in [0.3, 0.4) is 0 Å². The minimum Gasteiger partial charge on any atom is -0.492 e. The van der Waals surface area contributed by atoms with Gasteiger partial charge in [-0.1, -0.05) is 36.4 Å². The lowest BCUT2D eigenvalue weighted by atomic mass is 10.0. The Bertz CT molecular complexity index is 1040. The third kappa shape index (κ3) is 4.39. The van der Waals surface area contributed by atoms with E-state index in [2.05, 4.69) is 63.7 Å². The number of nitrogens with one attached hydrogen (secondary N) is 1. The molecule has 1 N–H and O–H groups in total. The van der Waals surface area contributed by atoms with E-state index in [1.165, 1.54) is 18.4 Å². The summed E-state index contributed by atoms with van der Waals surface area (Å²) in [7, 11) is 0. The first-order valence-electron chi connectivity index (χ1n) is 9.86. The largest absolute Gasteiger partial charge is 0.492 e. The fraction of sp³-hybridized carbons (Fsp3) is 0.250. The Morgan fingerprint density at radius 2 is 1.79 bits per heavy atom. The molecule has 4 rings (SSSR count). The van der Waals surface area contributed by atoms with Gasteiger partial charge in [0.1, 0.15) is 5.75 Å². The van der Waals surface area contributed by atoms with Gasteiger partial charge in [0.15, 0.2) is 0 Å². The third-order valence-electron chi connectivity index (χ3n) is 5.01. The summed E-state index contributed by atoms with van der Waals surface area (Å²) < 4.78 is 5.94. The van der Waals surface area contributed by atoms with E-state index in [4.69, 9.17) is 4.74 Å². The molecule has 0 bridgehead atoms. The number of aromatic nitrogens is 3.